The van der Waals surface area contributed by atoms with Gasteiger partial charge in [-0.15, -0.1) is 11.3 Å². The van der Waals surface area contributed by atoms with E-state index in [2.05, 4.69) is 12.2 Å². The predicted molar refractivity (Wildman–Crippen MR) is 135 cm³/mol. The third kappa shape index (κ3) is 4.54. The number of unbranched alkanes of at least 4 members (excludes halogenated alkanes) is 1. The van der Waals surface area contributed by atoms with Crippen LogP contribution in [-0.4, -0.2) is 15.0 Å². The molecule has 4 aromatic rings. The van der Waals surface area contributed by atoms with Crippen molar-refractivity contribution in [2.75, 3.05) is 5.32 Å². The van der Waals surface area contributed by atoms with Crippen molar-refractivity contribution >= 4 is 33.1 Å². The maximum Gasteiger partial charge on any atom is 0.336 e. The number of nitrogens with one attached hydrogen (secondary N) is 1. The molecule has 0 aliphatic carbocycles. The normalized spacial score (nSPS) is 11.1. The summed E-state index contributed by atoms with van der Waals surface area (Å²) in [6.45, 7) is 5.79. The Morgan fingerprint density at radius 3 is 2.52 bits per heavy atom. The second-order valence-electron chi connectivity index (χ2n) is 8.21. The number of hydrogen-bond donors (Lipinski definition) is 1. The van der Waals surface area contributed by atoms with Gasteiger partial charge >= 0.3 is 5.69 Å². The standard InChI is InChI=1S/C26H27N3O3S/c1-4-5-8-19-10-12-20(13-11-19)27-23(30)16-28-22-14-15-33-24(22)25(31)29(26(28)32)21-9-6-7-17(2)18(21)3/h6-7,9-15H,4-5,8,16H2,1-3H3,(H,27,30). The maximum absolute atomic E-state index is 13.4. The lowest BCUT2D eigenvalue weighted by Gasteiger charge is -2.15. The maximum atomic E-state index is 13.4. The number of anilines is 1. The van der Waals surface area contributed by atoms with Crippen LogP contribution in [0.25, 0.3) is 15.9 Å². The number of nitrogens with zero attached hydrogens (tertiary/aromatic N) is 2. The second kappa shape index (κ2) is 9.58. The lowest BCUT2D eigenvalue weighted by Crippen LogP contribution is -2.40. The quantitative estimate of drug-likeness (QED) is 0.429. The van der Waals surface area contributed by atoms with E-state index >= 15 is 0 Å². The lowest BCUT2D eigenvalue weighted by atomic mass is 10.1. The van der Waals surface area contributed by atoms with E-state index in [1.807, 2.05) is 50.2 Å². The Balaban J connectivity index is 1.69. The third-order valence-electron chi connectivity index (χ3n) is 5.93. The van der Waals surface area contributed by atoms with Crippen molar-refractivity contribution < 1.29 is 4.79 Å². The van der Waals surface area contributed by atoms with E-state index < -0.39 is 5.69 Å². The van der Waals surface area contributed by atoms with E-state index in [9.17, 15) is 14.4 Å². The summed E-state index contributed by atoms with van der Waals surface area (Å²) >= 11 is 1.27. The molecular weight excluding hydrogens is 434 g/mol. The Morgan fingerprint density at radius 1 is 1.03 bits per heavy atom. The minimum absolute atomic E-state index is 0.186. The molecule has 0 radical (unpaired) electrons. The van der Waals surface area contributed by atoms with Gasteiger partial charge in [0, 0.05) is 5.69 Å². The minimum Gasteiger partial charge on any atom is -0.325 e. The van der Waals surface area contributed by atoms with Gasteiger partial charge in [0.25, 0.3) is 5.56 Å². The number of fused-ring (bicyclic) bond motifs is 1. The number of rotatable bonds is 7. The van der Waals surface area contributed by atoms with E-state index in [0.717, 1.165) is 30.4 Å². The van der Waals surface area contributed by atoms with Crippen molar-refractivity contribution in [2.24, 2.45) is 0 Å². The molecule has 0 aliphatic rings. The number of aryl methyl sites for hydroxylation is 2. The highest BCUT2D eigenvalue weighted by molar-refractivity contribution is 7.17. The van der Waals surface area contributed by atoms with Crippen LogP contribution in [0.4, 0.5) is 5.69 Å². The van der Waals surface area contributed by atoms with Gasteiger partial charge in [0.15, 0.2) is 0 Å². The van der Waals surface area contributed by atoms with E-state index in [-0.39, 0.29) is 18.0 Å². The number of benzene rings is 2. The Bertz CT molecular complexity index is 1430. The molecule has 4 rings (SSSR count). The number of aromatic nitrogens is 2. The van der Waals surface area contributed by atoms with Crippen LogP contribution in [0.3, 0.4) is 0 Å². The minimum atomic E-state index is -0.523. The van der Waals surface area contributed by atoms with Gasteiger partial charge < -0.3 is 5.32 Å². The molecule has 0 saturated carbocycles. The summed E-state index contributed by atoms with van der Waals surface area (Å²) in [4.78, 5) is 39.5. The Hall–Kier alpha value is -3.45. The molecule has 2 aromatic carbocycles. The third-order valence-corrected chi connectivity index (χ3v) is 6.82. The van der Waals surface area contributed by atoms with E-state index in [0.29, 0.717) is 21.6 Å². The van der Waals surface area contributed by atoms with Crippen LogP contribution >= 0.6 is 11.3 Å². The van der Waals surface area contributed by atoms with Crippen LogP contribution in [0.2, 0.25) is 0 Å². The first-order valence-electron chi connectivity index (χ1n) is 11.1. The Labute approximate surface area is 196 Å². The van der Waals surface area contributed by atoms with Crippen molar-refractivity contribution in [1.82, 2.24) is 9.13 Å². The summed E-state index contributed by atoms with van der Waals surface area (Å²) in [5.41, 5.74) is 3.87. The van der Waals surface area contributed by atoms with Gasteiger partial charge in [-0.2, -0.15) is 0 Å². The average molecular weight is 462 g/mol. The lowest BCUT2D eigenvalue weighted by molar-refractivity contribution is -0.116. The first-order chi connectivity index (χ1) is 15.9. The van der Waals surface area contributed by atoms with Gasteiger partial charge in [-0.05, 0) is 73.0 Å². The van der Waals surface area contributed by atoms with E-state index in [1.165, 1.54) is 26.0 Å². The highest BCUT2D eigenvalue weighted by Gasteiger charge is 2.19. The molecule has 0 spiro atoms. The highest BCUT2D eigenvalue weighted by Crippen LogP contribution is 2.19. The molecule has 0 atom stereocenters. The molecule has 0 aliphatic heterocycles. The first kappa shape index (κ1) is 22.7. The van der Waals surface area contributed by atoms with E-state index in [1.54, 1.807) is 17.5 Å². The molecular formula is C26H27N3O3S. The molecule has 0 unspecified atom stereocenters. The smallest absolute Gasteiger partial charge is 0.325 e. The highest BCUT2D eigenvalue weighted by atomic mass is 32.1. The van der Waals surface area contributed by atoms with Gasteiger partial charge in [0.2, 0.25) is 5.91 Å². The Morgan fingerprint density at radius 2 is 1.79 bits per heavy atom. The van der Waals surface area contributed by atoms with Crippen LogP contribution in [0.15, 0.2) is 63.5 Å². The zero-order chi connectivity index (χ0) is 23.5. The number of thiophene rings is 1. The molecule has 0 saturated heterocycles. The summed E-state index contributed by atoms with van der Waals surface area (Å²) in [5.74, 6) is -0.322. The molecule has 2 aromatic heterocycles. The SMILES string of the molecule is CCCCc1ccc(NC(=O)Cn2c(=O)n(-c3cccc(C)c3C)c(=O)c3sccc32)cc1. The Kier molecular flexibility index (Phi) is 6.60. The van der Waals surface area contributed by atoms with Crippen LogP contribution in [-0.2, 0) is 17.8 Å². The summed E-state index contributed by atoms with van der Waals surface area (Å²) in [5, 5.41) is 4.64. The van der Waals surface area contributed by atoms with Crippen molar-refractivity contribution in [1.29, 1.82) is 0 Å². The first-order valence-corrected chi connectivity index (χ1v) is 12.0. The molecule has 6 nitrogen and oxygen atoms in total. The zero-order valence-corrected chi connectivity index (χ0v) is 19.9. The number of carbonyl (C=O) groups is 1. The van der Waals surface area contributed by atoms with Crippen LogP contribution in [0.5, 0.6) is 0 Å². The van der Waals surface area contributed by atoms with Crippen molar-refractivity contribution in [2.45, 2.75) is 46.6 Å². The van der Waals surface area contributed by atoms with Crippen LogP contribution in [0, 0.1) is 13.8 Å². The fourth-order valence-electron chi connectivity index (χ4n) is 3.91. The number of carbonyl (C=O) groups excluding carboxylic acids is 1. The van der Waals surface area contributed by atoms with Gasteiger partial charge in [0.1, 0.15) is 11.2 Å². The van der Waals surface area contributed by atoms with Crippen LogP contribution in [0.1, 0.15) is 36.5 Å². The fourth-order valence-corrected chi connectivity index (χ4v) is 4.73. The van der Waals surface area contributed by atoms with E-state index in [4.69, 9.17) is 0 Å². The van der Waals surface area contributed by atoms with Gasteiger partial charge in [-0.25, -0.2) is 9.36 Å². The second-order valence-corrected chi connectivity index (χ2v) is 9.13. The molecule has 2 heterocycles. The number of hydrogen-bond acceptors (Lipinski definition) is 4. The number of amides is 1. The molecule has 33 heavy (non-hydrogen) atoms. The summed E-state index contributed by atoms with van der Waals surface area (Å²) in [6.07, 6.45) is 3.27. The van der Waals surface area contributed by atoms with Crippen molar-refractivity contribution in [3.05, 3.63) is 91.4 Å². The fraction of sp³-hybridized carbons (Fsp3) is 0.269. The molecule has 1 amide bonds. The van der Waals surface area contributed by atoms with Gasteiger partial charge in [-0.1, -0.05) is 37.6 Å². The average Bonchev–Trinajstić information content (AvgIpc) is 3.29. The predicted octanol–water partition coefficient (Wildman–Crippen LogP) is 4.81. The van der Waals surface area contributed by atoms with Crippen molar-refractivity contribution in [3.63, 3.8) is 0 Å². The summed E-state index contributed by atoms with van der Waals surface area (Å²) in [7, 11) is 0. The monoisotopic (exact) mass is 461 g/mol. The van der Waals surface area contributed by atoms with Gasteiger partial charge in [0.05, 0.1) is 11.2 Å². The molecule has 1 N–H and O–H groups in total. The molecule has 7 heteroatoms. The molecule has 170 valence electrons. The molecule has 0 bridgehead atoms. The van der Waals surface area contributed by atoms with Crippen LogP contribution < -0.4 is 16.6 Å². The largest absolute Gasteiger partial charge is 0.336 e. The summed E-state index contributed by atoms with van der Waals surface area (Å²) in [6, 6.07) is 15.0. The topological polar surface area (TPSA) is 73.1 Å². The summed E-state index contributed by atoms with van der Waals surface area (Å²) < 4.78 is 3.00. The van der Waals surface area contributed by atoms with Crippen molar-refractivity contribution in [3.8, 4) is 5.69 Å². The molecule has 0 fully saturated rings. The zero-order valence-electron chi connectivity index (χ0n) is 19.1. The van der Waals surface area contributed by atoms with Gasteiger partial charge in [-0.3, -0.25) is 14.2 Å².